The van der Waals surface area contributed by atoms with Gasteiger partial charge < -0.3 is 9.73 Å². The average molecular weight is 373 g/mol. The third-order valence-electron chi connectivity index (χ3n) is 5.25. The Morgan fingerprint density at radius 3 is 2.96 bits per heavy atom. The molecule has 1 N–H and O–H groups in total. The van der Waals surface area contributed by atoms with Gasteiger partial charge in [-0.2, -0.15) is 0 Å². The summed E-state index contributed by atoms with van der Waals surface area (Å²) in [6, 6.07) is 6.69. The number of carbonyl (C=O) groups is 1. The van der Waals surface area contributed by atoms with Crippen molar-refractivity contribution in [3.63, 3.8) is 0 Å². The fraction of sp³-hybridized carbons (Fsp3) is 0.524. The van der Waals surface area contributed by atoms with Crippen LogP contribution in [0.1, 0.15) is 44.6 Å². The van der Waals surface area contributed by atoms with Gasteiger partial charge in [0.1, 0.15) is 11.6 Å². The van der Waals surface area contributed by atoms with E-state index in [1.54, 1.807) is 18.2 Å². The molecule has 0 bridgehead atoms. The predicted octanol–water partition coefficient (Wildman–Crippen LogP) is 3.92. The molecule has 6 heteroatoms. The van der Waals surface area contributed by atoms with E-state index in [9.17, 15) is 9.18 Å². The SMILES string of the molecule is CCC(C)NC(=O)C1CCCN(Cc2nc(-c3ccccc3F)oc2C)C1. The van der Waals surface area contributed by atoms with Gasteiger partial charge >= 0.3 is 0 Å². The number of carbonyl (C=O) groups excluding carboxylic acids is 1. The van der Waals surface area contributed by atoms with Crippen molar-refractivity contribution in [3.05, 3.63) is 41.5 Å². The van der Waals surface area contributed by atoms with E-state index in [4.69, 9.17) is 4.42 Å². The number of likely N-dealkylation sites (tertiary alicyclic amines) is 1. The van der Waals surface area contributed by atoms with E-state index in [1.807, 2.05) is 13.8 Å². The maximum absolute atomic E-state index is 14.0. The summed E-state index contributed by atoms with van der Waals surface area (Å²) in [7, 11) is 0. The van der Waals surface area contributed by atoms with Gasteiger partial charge in [0.2, 0.25) is 11.8 Å². The van der Waals surface area contributed by atoms with Crippen LogP contribution in [0.15, 0.2) is 28.7 Å². The molecule has 2 aromatic rings. The number of aryl methyl sites for hydroxylation is 1. The van der Waals surface area contributed by atoms with Crippen LogP contribution >= 0.6 is 0 Å². The zero-order valence-corrected chi connectivity index (χ0v) is 16.3. The quantitative estimate of drug-likeness (QED) is 0.834. The second-order valence-electron chi connectivity index (χ2n) is 7.39. The molecule has 0 aliphatic carbocycles. The van der Waals surface area contributed by atoms with Gasteiger partial charge in [0.05, 0.1) is 17.2 Å². The van der Waals surface area contributed by atoms with Crippen molar-refractivity contribution in [1.82, 2.24) is 15.2 Å². The molecule has 1 aromatic heterocycles. The number of piperidine rings is 1. The van der Waals surface area contributed by atoms with E-state index in [-0.39, 0.29) is 23.7 Å². The van der Waals surface area contributed by atoms with Crippen LogP contribution in [0.4, 0.5) is 4.39 Å². The fourth-order valence-corrected chi connectivity index (χ4v) is 3.41. The molecular weight excluding hydrogens is 345 g/mol. The van der Waals surface area contributed by atoms with Gasteiger partial charge in [-0.05, 0) is 51.8 Å². The van der Waals surface area contributed by atoms with E-state index in [0.717, 1.165) is 31.5 Å². The van der Waals surface area contributed by atoms with Crippen molar-refractivity contribution in [2.24, 2.45) is 5.92 Å². The Hall–Kier alpha value is -2.21. The minimum atomic E-state index is -0.343. The molecule has 2 heterocycles. The lowest BCUT2D eigenvalue weighted by atomic mass is 9.96. The third kappa shape index (κ3) is 4.75. The average Bonchev–Trinajstić information content (AvgIpc) is 3.02. The zero-order chi connectivity index (χ0) is 19.4. The number of oxazole rings is 1. The molecule has 0 saturated carbocycles. The molecule has 1 fully saturated rings. The van der Waals surface area contributed by atoms with Crippen molar-refractivity contribution in [2.45, 2.75) is 52.6 Å². The first-order valence-corrected chi connectivity index (χ1v) is 9.71. The molecule has 1 amide bonds. The summed E-state index contributed by atoms with van der Waals surface area (Å²) < 4.78 is 19.7. The predicted molar refractivity (Wildman–Crippen MR) is 103 cm³/mol. The lowest BCUT2D eigenvalue weighted by Crippen LogP contribution is -2.45. The molecule has 0 spiro atoms. The molecule has 1 aliphatic rings. The van der Waals surface area contributed by atoms with E-state index < -0.39 is 0 Å². The minimum absolute atomic E-state index is 0.00555. The zero-order valence-electron chi connectivity index (χ0n) is 16.3. The molecule has 27 heavy (non-hydrogen) atoms. The summed E-state index contributed by atoms with van der Waals surface area (Å²) in [5.41, 5.74) is 1.17. The summed E-state index contributed by atoms with van der Waals surface area (Å²) in [4.78, 5) is 19.2. The highest BCUT2D eigenvalue weighted by Gasteiger charge is 2.27. The Morgan fingerprint density at radius 1 is 1.44 bits per heavy atom. The smallest absolute Gasteiger partial charge is 0.229 e. The molecule has 0 radical (unpaired) electrons. The minimum Gasteiger partial charge on any atom is -0.441 e. The lowest BCUT2D eigenvalue weighted by molar-refractivity contribution is -0.127. The molecule has 2 atom stereocenters. The maximum atomic E-state index is 14.0. The van der Waals surface area contributed by atoms with Crippen LogP contribution in [0.2, 0.25) is 0 Å². The Balaban J connectivity index is 1.67. The highest BCUT2D eigenvalue weighted by molar-refractivity contribution is 5.79. The number of hydrogen-bond acceptors (Lipinski definition) is 4. The van der Waals surface area contributed by atoms with Crippen LogP contribution in [0.3, 0.4) is 0 Å². The highest BCUT2D eigenvalue weighted by Crippen LogP contribution is 2.26. The van der Waals surface area contributed by atoms with E-state index in [2.05, 4.69) is 22.1 Å². The third-order valence-corrected chi connectivity index (χ3v) is 5.25. The van der Waals surface area contributed by atoms with Gasteiger partial charge in [-0.1, -0.05) is 19.1 Å². The number of benzene rings is 1. The molecule has 3 rings (SSSR count). The monoisotopic (exact) mass is 373 g/mol. The van der Waals surface area contributed by atoms with E-state index >= 15 is 0 Å². The van der Waals surface area contributed by atoms with Gasteiger partial charge in [-0.25, -0.2) is 9.37 Å². The first-order chi connectivity index (χ1) is 13.0. The molecule has 146 valence electrons. The van der Waals surface area contributed by atoms with Crippen LogP contribution in [0.5, 0.6) is 0 Å². The molecule has 1 aromatic carbocycles. The van der Waals surface area contributed by atoms with Crippen LogP contribution in [0.25, 0.3) is 11.5 Å². The van der Waals surface area contributed by atoms with Crippen LogP contribution < -0.4 is 5.32 Å². The number of aromatic nitrogens is 1. The van der Waals surface area contributed by atoms with Gasteiger partial charge in [0.25, 0.3) is 0 Å². The van der Waals surface area contributed by atoms with Crippen molar-refractivity contribution in [1.29, 1.82) is 0 Å². The van der Waals surface area contributed by atoms with Gasteiger partial charge in [0.15, 0.2) is 0 Å². The lowest BCUT2D eigenvalue weighted by Gasteiger charge is -2.32. The molecule has 1 saturated heterocycles. The van der Waals surface area contributed by atoms with Gasteiger partial charge in [0, 0.05) is 19.1 Å². The summed E-state index contributed by atoms with van der Waals surface area (Å²) in [6.07, 6.45) is 2.83. The molecule has 2 unspecified atom stereocenters. The number of amides is 1. The van der Waals surface area contributed by atoms with Gasteiger partial charge in [-0.15, -0.1) is 0 Å². The van der Waals surface area contributed by atoms with E-state index in [0.29, 0.717) is 30.3 Å². The number of rotatable bonds is 6. The number of halogens is 1. The van der Waals surface area contributed by atoms with Crippen LogP contribution in [-0.2, 0) is 11.3 Å². The highest BCUT2D eigenvalue weighted by atomic mass is 19.1. The van der Waals surface area contributed by atoms with Crippen LogP contribution in [-0.4, -0.2) is 34.9 Å². The van der Waals surface area contributed by atoms with E-state index in [1.165, 1.54) is 6.07 Å². The van der Waals surface area contributed by atoms with Crippen molar-refractivity contribution < 1.29 is 13.6 Å². The summed E-state index contributed by atoms with van der Waals surface area (Å²) in [5.74, 6) is 0.803. The summed E-state index contributed by atoms with van der Waals surface area (Å²) >= 11 is 0. The molecule has 5 nitrogen and oxygen atoms in total. The Kier molecular flexibility index (Phi) is 6.26. The molecular formula is C21H28FN3O2. The Labute approximate surface area is 160 Å². The second kappa shape index (κ2) is 8.65. The van der Waals surface area contributed by atoms with Crippen molar-refractivity contribution in [3.8, 4) is 11.5 Å². The van der Waals surface area contributed by atoms with Crippen molar-refractivity contribution >= 4 is 5.91 Å². The Morgan fingerprint density at radius 2 is 2.22 bits per heavy atom. The Bertz CT molecular complexity index is 789. The van der Waals surface area contributed by atoms with Crippen molar-refractivity contribution in [2.75, 3.05) is 13.1 Å². The normalized spacial score (nSPS) is 19.0. The second-order valence-corrected chi connectivity index (χ2v) is 7.39. The largest absolute Gasteiger partial charge is 0.441 e. The summed E-state index contributed by atoms with van der Waals surface area (Å²) in [5, 5.41) is 3.09. The summed E-state index contributed by atoms with van der Waals surface area (Å²) in [6.45, 7) is 8.19. The van der Waals surface area contributed by atoms with Gasteiger partial charge in [-0.3, -0.25) is 9.69 Å². The molecule has 1 aliphatic heterocycles. The number of nitrogens with one attached hydrogen (secondary N) is 1. The number of hydrogen-bond donors (Lipinski definition) is 1. The number of nitrogens with zero attached hydrogens (tertiary/aromatic N) is 2. The first kappa shape index (κ1) is 19.5. The fourth-order valence-electron chi connectivity index (χ4n) is 3.41. The topological polar surface area (TPSA) is 58.4 Å². The standard InChI is InChI=1S/C21H28FN3O2/c1-4-14(2)23-20(26)16-8-7-11-25(12-16)13-19-15(3)27-21(24-19)17-9-5-6-10-18(17)22/h5-6,9-10,14,16H,4,7-8,11-13H2,1-3H3,(H,23,26). The maximum Gasteiger partial charge on any atom is 0.229 e. The van der Waals surface area contributed by atoms with Crippen LogP contribution in [0, 0.1) is 18.7 Å². The first-order valence-electron chi connectivity index (χ1n) is 9.71.